The number of fused-ring (bicyclic) bond motifs is 2. The molecule has 1 amide bonds. The fraction of sp³-hybridized carbons (Fsp3) is 0.571. The largest absolute Gasteiger partial charge is 0.452 e. The van der Waals surface area contributed by atoms with Crippen molar-refractivity contribution in [3.63, 3.8) is 0 Å². The van der Waals surface area contributed by atoms with Gasteiger partial charge in [-0.3, -0.25) is 4.79 Å². The second-order valence-corrected chi connectivity index (χ2v) is 11.6. The van der Waals surface area contributed by atoms with Crippen LogP contribution in [0.3, 0.4) is 0 Å². The Morgan fingerprint density at radius 1 is 1.29 bits per heavy atom. The number of ether oxygens (including phenoxy) is 1. The highest BCUT2D eigenvalue weighted by molar-refractivity contribution is 7.89. The minimum Gasteiger partial charge on any atom is -0.452 e. The Hall–Kier alpha value is -1.97. The van der Waals surface area contributed by atoms with E-state index in [1.54, 1.807) is 0 Å². The number of hydrogen-bond donors (Lipinski definition) is 1. The van der Waals surface area contributed by atoms with Crippen molar-refractivity contribution in [2.75, 3.05) is 20.7 Å². The molecule has 3 rings (SSSR count). The van der Waals surface area contributed by atoms with Crippen LogP contribution >= 0.6 is 11.6 Å². The fourth-order valence-electron chi connectivity index (χ4n) is 4.50. The number of hydrogen-bond acceptors (Lipinski definition) is 6. The third-order valence-corrected chi connectivity index (χ3v) is 9.38. The molecule has 0 saturated heterocycles. The standard InChI is InChI=1S/C21H28ClN3O5S/c1-20(2)14-8-9-21(20,3)17(11-14)23-24-18(26)12-30-19(27)13-6-7-15(22)16(10-13)31(28,29)25(4)5/h6-7,10,14H,8-9,11-12H2,1-5H3,(H,24,26)/b23-17+. The molecule has 8 nitrogen and oxygen atoms in total. The van der Waals surface area contributed by atoms with Gasteiger partial charge in [0.2, 0.25) is 10.0 Å². The number of nitrogens with zero attached hydrogens (tertiary/aromatic N) is 2. The highest BCUT2D eigenvalue weighted by Crippen LogP contribution is 2.63. The Morgan fingerprint density at radius 2 is 1.97 bits per heavy atom. The van der Waals surface area contributed by atoms with Gasteiger partial charge in [-0.2, -0.15) is 5.10 Å². The summed E-state index contributed by atoms with van der Waals surface area (Å²) >= 11 is 5.98. The lowest BCUT2D eigenvalue weighted by Crippen LogP contribution is -2.35. The summed E-state index contributed by atoms with van der Waals surface area (Å²) in [5.41, 5.74) is 3.54. The van der Waals surface area contributed by atoms with Gasteiger partial charge in [0.15, 0.2) is 6.61 Å². The molecule has 1 aromatic carbocycles. The Bertz CT molecular complexity index is 1050. The van der Waals surface area contributed by atoms with Crippen molar-refractivity contribution in [3.05, 3.63) is 28.8 Å². The van der Waals surface area contributed by atoms with E-state index in [1.807, 2.05) is 0 Å². The highest BCUT2D eigenvalue weighted by Gasteiger charge is 2.60. The van der Waals surface area contributed by atoms with Gasteiger partial charge in [0, 0.05) is 25.2 Å². The zero-order chi connectivity index (χ0) is 23.2. The summed E-state index contributed by atoms with van der Waals surface area (Å²) in [5, 5.41) is 4.31. The van der Waals surface area contributed by atoms with Gasteiger partial charge in [0.05, 0.1) is 10.6 Å². The van der Waals surface area contributed by atoms with Gasteiger partial charge in [-0.15, -0.1) is 0 Å². The van der Waals surface area contributed by atoms with E-state index in [1.165, 1.54) is 32.6 Å². The zero-order valence-corrected chi connectivity index (χ0v) is 19.9. The van der Waals surface area contributed by atoms with Crippen LogP contribution in [0.4, 0.5) is 0 Å². The molecule has 2 aliphatic rings. The van der Waals surface area contributed by atoms with Gasteiger partial charge in [-0.25, -0.2) is 22.9 Å². The minimum absolute atomic E-state index is 0.0129. The Balaban J connectivity index is 1.62. The van der Waals surface area contributed by atoms with Crippen molar-refractivity contribution < 1.29 is 22.7 Å². The highest BCUT2D eigenvalue weighted by atomic mass is 35.5. The van der Waals surface area contributed by atoms with Crippen LogP contribution < -0.4 is 5.43 Å². The van der Waals surface area contributed by atoms with Crippen LogP contribution in [0.25, 0.3) is 0 Å². The van der Waals surface area contributed by atoms with Crippen molar-refractivity contribution in [3.8, 4) is 0 Å². The summed E-state index contributed by atoms with van der Waals surface area (Å²) < 4.78 is 30.7. The Labute approximate surface area is 188 Å². The number of halogens is 1. The maximum atomic E-state index is 12.3. The molecule has 2 atom stereocenters. The van der Waals surface area contributed by atoms with Crippen molar-refractivity contribution >= 4 is 39.2 Å². The predicted octanol–water partition coefficient (Wildman–Crippen LogP) is 3.07. The molecule has 0 radical (unpaired) electrons. The molecule has 1 N–H and O–H groups in total. The predicted molar refractivity (Wildman–Crippen MR) is 117 cm³/mol. The lowest BCUT2D eigenvalue weighted by molar-refractivity contribution is -0.124. The first-order valence-corrected chi connectivity index (χ1v) is 11.9. The third-order valence-electron chi connectivity index (χ3n) is 7.09. The first kappa shape index (κ1) is 23.7. The molecule has 2 saturated carbocycles. The number of carbonyl (C=O) groups is 2. The maximum Gasteiger partial charge on any atom is 0.338 e. The van der Waals surface area contributed by atoms with Crippen molar-refractivity contribution in [1.29, 1.82) is 0 Å². The van der Waals surface area contributed by atoms with E-state index in [-0.39, 0.29) is 26.3 Å². The number of nitrogens with one attached hydrogen (secondary N) is 1. The van der Waals surface area contributed by atoms with Crippen LogP contribution in [0.1, 0.15) is 50.4 Å². The molecule has 31 heavy (non-hydrogen) atoms. The van der Waals surface area contributed by atoms with Gasteiger partial charge in [0.25, 0.3) is 5.91 Å². The average molecular weight is 470 g/mol. The van der Waals surface area contributed by atoms with E-state index in [0.717, 1.165) is 28.9 Å². The summed E-state index contributed by atoms with van der Waals surface area (Å²) in [4.78, 5) is 24.3. The number of rotatable bonds is 6. The molecule has 0 aromatic heterocycles. The summed E-state index contributed by atoms with van der Waals surface area (Å²) in [5.74, 6) is -0.827. The van der Waals surface area contributed by atoms with Crippen molar-refractivity contribution in [2.24, 2.45) is 21.8 Å². The van der Waals surface area contributed by atoms with E-state index in [4.69, 9.17) is 16.3 Å². The van der Waals surface area contributed by atoms with Crippen LogP contribution in [0.5, 0.6) is 0 Å². The minimum atomic E-state index is -3.84. The van der Waals surface area contributed by atoms with Crippen molar-refractivity contribution in [2.45, 2.75) is 44.9 Å². The number of carbonyl (C=O) groups excluding carboxylic acids is 2. The van der Waals surface area contributed by atoms with Crippen LogP contribution in [0.15, 0.2) is 28.2 Å². The van der Waals surface area contributed by atoms with Gasteiger partial charge < -0.3 is 4.74 Å². The van der Waals surface area contributed by atoms with Crippen LogP contribution in [0.2, 0.25) is 5.02 Å². The third kappa shape index (κ3) is 4.10. The first-order chi connectivity index (χ1) is 14.3. The van der Waals surface area contributed by atoms with Gasteiger partial charge in [0.1, 0.15) is 4.90 Å². The van der Waals surface area contributed by atoms with E-state index in [9.17, 15) is 18.0 Å². The molecule has 2 fully saturated rings. The molecule has 2 unspecified atom stereocenters. The van der Waals surface area contributed by atoms with E-state index < -0.39 is 28.5 Å². The van der Waals surface area contributed by atoms with E-state index in [2.05, 4.69) is 31.3 Å². The quantitative estimate of drug-likeness (QED) is 0.509. The topological polar surface area (TPSA) is 105 Å². The van der Waals surface area contributed by atoms with Gasteiger partial charge in [-0.1, -0.05) is 32.4 Å². The molecule has 0 aliphatic heterocycles. The fourth-order valence-corrected chi connectivity index (χ4v) is 5.89. The molecule has 0 heterocycles. The van der Waals surface area contributed by atoms with E-state index in [0.29, 0.717) is 5.92 Å². The SMILES string of the molecule is CN(C)S(=O)(=O)c1cc(C(=O)OCC(=O)N/N=C2\CC3CCC2(C)C3(C)C)ccc1Cl. The number of esters is 1. The number of sulfonamides is 1. The summed E-state index contributed by atoms with van der Waals surface area (Å²) in [6.45, 7) is 6.14. The summed E-state index contributed by atoms with van der Waals surface area (Å²) in [6, 6.07) is 3.78. The molecule has 0 spiro atoms. The normalized spacial score (nSPS) is 25.8. The smallest absolute Gasteiger partial charge is 0.338 e. The van der Waals surface area contributed by atoms with Crippen LogP contribution in [-0.2, 0) is 19.6 Å². The number of benzene rings is 1. The summed E-state index contributed by atoms with van der Waals surface area (Å²) in [7, 11) is -1.11. The molecule has 1 aromatic rings. The second-order valence-electron chi connectivity index (χ2n) is 9.10. The molecule has 2 bridgehead atoms. The lowest BCUT2D eigenvalue weighted by Gasteiger charge is -2.34. The maximum absolute atomic E-state index is 12.3. The Kier molecular flexibility index (Phi) is 6.25. The van der Waals surface area contributed by atoms with E-state index >= 15 is 0 Å². The molecule has 2 aliphatic carbocycles. The lowest BCUT2D eigenvalue weighted by atomic mass is 9.70. The van der Waals surface area contributed by atoms with Crippen LogP contribution in [0, 0.1) is 16.7 Å². The van der Waals surface area contributed by atoms with Gasteiger partial charge >= 0.3 is 5.97 Å². The summed E-state index contributed by atoms with van der Waals surface area (Å²) in [6.07, 6.45) is 3.07. The first-order valence-electron chi connectivity index (χ1n) is 10.1. The molecule has 170 valence electrons. The molecule has 10 heteroatoms. The van der Waals surface area contributed by atoms with Gasteiger partial charge in [-0.05, 0) is 48.8 Å². The number of hydrazone groups is 1. The molecular weight excluding hydrogens is 442 g/mol. The van der Waals surface area contributed by atoms with Crippen molar-refractivity contribution in [1.82, 2.24) is 9.73 Å². The molecular formula is C21H28ClN3O5S. The second kappa shape index (κ2) is 8.18. The average Bonchev–Trinajstić information content (AvgIpc) is 3.03. The van der Waals surface area contributed by atoms with Crippen LogP contribution in [-0.4, -0.2) is 51.0 Å². The zero-order valence-electron chi connectivity index (χ0n) is 18.4. The monoisotopic (exact) mass is 469 g/mol. The number of amides is 1. The Morgan fingerprint density at radius 3 is 2.52 bits per heavy atom.